The molecule has 0 radical (unpaired) electrons. The lowest BCUT2D eigenvalue weighted by Crippen LogP contribution is -2.18. The minimum Gasteiger partial charge on any atom is -0.494 e. The molecule has 0 aliphatic heterocycles. The quantitative estimate of drug-likeness (QED) is 0.423. The number of thiophene rings is 1. The van der Waals surface area contributed by atoms with E-state index < -0.39 is 23.8 Å². The maximum atomic E-state index is 13.2. The van der Waals surface area contributed by atoms with E-state index in [1.54, 1.807) is 24.3 Å². The van der Waals surface area contributed by atoms with Crippen molar-refractivity contribution in [1.29, 1.82) is 0 Å². The molecule has 0 spiro atoms. The monoisotopic (exact) mass is 426 g/mol. The molecule has 0 saturated carbocycles. The molecular weight excluding hydrogens is 412 g/mol. The average Bonchev–Trinajstić information content (AvgIpc) is 3.30. The number of aliphatic hydroxyl groups is 1. The van der Waals surface area contributed by atoms with Crippen LogP contribution in [0.2, 0.25) is 5.02 Å². The Bertz CT molecular complexity index is 1250. The van der Waals surface area contributed by atoms with E-state index in [-0.39, 0.29) is 11.1 Å². The molecule has 0 fully saturated rings. The van der Waals surface area contributed by atoms with E-state index in [0.717, 1.165) is 15.9 Å². The predicted molar refractivity (Wildman–Crippen MR) is 112 cm³/mol. The van der Waals surface area contributed by atoms with E-state index in [1.165, 1.54) is 18.2 Å². The Hall–Kier alpha value is -3.13. The summed E-state index contributed by atoms with van der Waals surface area (Å²) in [6, 6.07) is 15.9. The summed E-state index contributed by atoms with van der Waals surface area (Å²) >= 11 is 7.16. The van der Waals surface area contributed by atoms with Crippen molar-refractivity contribution < 1.29 is 19.8 Å². The third kappa shape index (κ3) is 3.29. The first-order chi connectivity index (χ1) is 13.9. The molecule has 2 aromatic heterocycles. The minimum absolute atomic E-state index is 0.0658. The summed E-state index contributed by atoms with van der Waals surface area (Å²) in [5.74, 6) is -1.04. The lowest BCUT2D eigenvalue weighted by atomic mass is 10.1. The standard InChI is InChI=1S/C21H15ClN2O4S/c22-12-6-7-14-13(10-12)17(20(27)24(14)21(23)28)19(26)16-9-8-15(29-16)18(25)11-4-2-1-3-5-11/h1-10,18,25,27H,(H2,23,28). The fourth-order valence-corrected chi connectivity index (χ4v) is 4.38. The fourth-order valence-electron chi connectivity index (χ4n) is 3.24. The molecule has 8 heteroatoms. The molecule has 1 amide bonds. The highest BCUT2D eigenvalue weighted by molar-refractivity contribution is 7.14. The van der Waals surface area contributed by atoms with Crippen LogP contribution >= 0.6 is 22.9 Å². The summed E-state index contributed by atoms with van der Waals surface area (Å²) in [5, 5.41) is 21.8. The second kappa shape index (κ2) is 7.36. The smallest absolute Gasteiger partial charge is 0.326 e. The first-order valence-electron chi connectivity index (χ1n) is 8.58. The van der Waals surface area contributed by atoms with Gasteiger partial charge in [0.1, 0.15) is 6.10 Å². The molecule has 1 atom stereocenters. The Morgan fingerprint density at radius 1 is 1.07 bits per heavy atom. The molecule has 29 heavy (non-hydrogen) atoms. The number of aromatic hydroxyl groups is 1. The number of aromatic nitrogens is 1. The third-order valence-corrected chi connectivity index (χ3v) is 5.96. The van der Waals surface area contributed by atoms with Crippen LogP contribution in [0.25, 0.3) is 10.9 Å². The maximum Gasteiger partial charge on any atom is 0.326 e. The first-order valence-corrected chi connectivity index (χ1v) is 9.78. The van der Waals surface area contributed by atoms with Crippen molar-refractivity contribution in [2.45, 2.75) is 6.10 Å². The summed E-state index contributed by atoms with van der Waals surface area (Å²) < 4.78 is 0.867. The van der Waals surface area contributed by atoms with Gasteiger partial charge in [-0.25, -0.2) is 9.36 Å². The number of hydrogen-bond acceptors (Lipinski definition) is 5. The largest absolute Gasteiger partial charge is 0.494 e. The van der Waals surface area contributed by atoms with Crippen LogP contribution in [0.1, 0.15) is 31.8 Å². The van der Waals surface area contributed by atoms with Gasteiger partial charge in [0.2, 0.25) is 11.7 Å². The molecular formula is C21H15ClN2O4S. The molecule has 0 aliphatic rings. The van der Waals surface area contributed by atoms with Crippen LogP contribution in [-0.4, -0.2) is 26.6 Å². The van der Waals surface area contributed by atoms with Gasteiger partial charge in [-0.05, 0) is 35.9 Å². The topological polar surface area (TPSA) is 106 Å². The molecule has 4 aromatic rings. The molecule has 2 heterocycles. The van der Waals surface area contributed by atoms with E-state index in [4.69, 9.17) is 17.3 Å². The molecule has 6 nitrogen and oxygen atoms in total. The van der Waals surface area contributed by atoms with Crippen molar-refractivity contribution in [2.75, 3.05) is 0 Å². The number of aliphatic hydroxyl groups excluding tert-OH is 1. The summed E-state index contributed by atoms with van der Waals surface area (Å²) in [7, 11) is 0. The van der Waals surface area contributed by atoms with Crippen molar-refractivity contribution in [3.8, 4) is 5.88 Å². The Morgan fingerprint density at radius 2 is 1.79 bits per heavy atom. The number of hydrogen-bond donors (Lipinski definition) is 3. The second-order valence-corrected chi connectivity index (χ2v) is 7.93. The maximum absolute atomic E-state index is 13.2. The van der Waals surface area contributed by atoms with Gasteiger partial charge in [0.25, 0.3) is 0 Å². The van der Waals surface area contributed by atoms with E-state index in [9.17, 15) is 19.8 Å². The van der Waals surface area contributed by atoms with Gasteiger partial charge in [-0.2, -0.15) is 0 Å². The van der Waals surface area contributed by atoms with E-state index in [1.807, 2.05) is 18.2 Å². The fraction of sp³-hybridized carbons (Fsp3) is 0.0476. The number of rotatable bonds is 4. The number of carbonyl (C=O) groups excluding carboxylic acids is 2. The third-order valence-electron chi connectivity index (χ3n) is 4.59. The average molecular weight is 427 g/mol. The van der Waals surface area contributed by atoms with Gasteiger partial charge in [0.05, 0.1) is 16.0 Å². The van der Waals surface area contributed by atoms with Crippen molar-refractivity contribution >= 4 is 45.7 Å². The zero-order valence-electron chi connectivity index (χ0n) is 14.9. The zero-order valence-corrected chi connectivity index (χ0v) is 16.4. The van der Waals surface area contributed by atoms with Gasteiger partial charge in [0, 0.05) is 15.3 Å². The predicted octanol–water partition coefficient (Wildman–Crippen LogP) is 4.30. The number of nitrogens with zero attached hydrogens (tertiary/aromatic N) is 1. The van der Waals surface area contributed by atoms with E-state index >= 15 is 0 Å². The van der Waals surface area contributed by atoms with Crippen LogP contribution < -0.4 is 5.73 Å². The highest BCUT2D eigenvalue weighted by atomic mass is 35.5. The van der Waals surface area contributed by atoms with Gasteiger partial charge in [-0.1, -0.05) is 41.9 Å². The molecule has 146 valence electrons. The van der Waals surface area contributed by atoms with Gasteiger partial charge < -0.3 is 15.9 Å². The zero-order chi connectivity index (χ0) is 20.7. The number of primary amides is 1. The Kier molecular flexibility index (Phi) is 4.87. The Morgan fingerprint density at radius 3 is 2.48 bits per heavy atom. The van der Waals surface area contributed by atoms with Gasteiger partial charge in [-0.15, -0.1) is 11.3 Å². The SMILES string of the molecule is NC(=O)n1c(O)c(C(=O)c2ccc(C(O)c3ccccc3)s2)c2cc(Cl)ccc21. The van der Waals surface area contributed by atoms with Crippen LogP contribution in [0.3, 0.4) is 0 Å². The molecule has 0 aliphatic carbocycles. The normalized spacial score (nSPS) is 12.2. The van der Waals surface area contributed by atoms with E-state index in [2.05, 4.69) is 0 Å². The first kappa shape index (κ1) is 19.2. The summed E-state index contributed by atoms with van der Waals surface area (Å²) in [5.41, 5.74) is 6.29. The summed E-state index contributed by atoms with van der Waals surface area (Å²) in [4.78, 5) is 25.8. The second-order valence-electron chi connectivity index (χ2n) is 6.38. The number of fused-ring (bicyclic) bond motifs is 1. The lowest BCUT2D eigenvalue weighted by molar-refractivity contribution is 0.104. The van der Waals surface area contributed by atoms with Crippen LogP contribution in [0, 0.1) is 0 Å². The van der Waals surface area contributed by atoms with Gasteiger partial charge >= 0.3 is 6.03 Å². The molecule has 0 bridgehead atoms. The number of amides is 1. The Balaban J connectivity index is 1.79. The van der Waals surface area contributed by atoms with Crippen LogP contribution in [-0.2, 0) is 0 Å². The molecule has 1 unspecified atom stereocenters. The molecule has 4 N–H and O–H groups in total. The number of carbonyl (C=O) groups is 2. The number of benzene rings is 2. The number of nitrogens with two attached hydrogens (primary N) is 1. The minimum atomic E-state index is -0.916. The molecule has 0 saturated heterocycles. The van der Waals surface area contributed by atoms with Crippen LogP contribution in [0.5, 0.6) is 5.88 Å². The van der Waals surface area contributed by atoms with Crippen molar-refractivity contribution in [3.63, 3.8) is 0 Å². The summed E-state index contributed by atoms with van der Waals surface area (Å²) in [6.45, 7) is 0. The summed E-state index contributed by atoms with van der Waals surface area (Å²) in [6.07, 6.45) is -0.877. The number of halogens is 1. The van der Waals surface area contributed by atoms with Crippen LogP contribution in [0.15, 0.2) is 60.7 Å². The highest BCUT2D eigenvalue weighted by Crippen LogP contribution is 2.37. The van der Waals surface area contributed by atoms with Crippen molar-refractivity contribution in [1.82, 2.24) is 4.57 Å². The van der Waals surface area contributed by atoms with Crippen molar-refractivity contribution in [2.24, 2.45) is 5.73 Å². The lowest BCUT2D eigenvalue weighted by Gasteiger charge is -2.08. The highest BCUT2D eigenvalue weighted by Gasteiger charge is 2.27. The van der Waals surface area contributed by atoms with E-state index in [0.29, 0.717) is 25.7 Å². The number of ketones is 1. The van der Waals surface area contributed by atoms with Gasteiger partial charge in [0.15, 0.2) is 0 Å². The molecule has 2 aromatic carbocycles. The van der Waals surface area contributed by atoms with Gasteiger partial charge in [-0.3, -0.25) is 4.79 Å². The van der Waals surface area contributed by atoms with Crippen molar-refractivity contribution in [3.05, 3.63) is 86.6 Å². The van der Waals surface area contributed by atoms with Crippen LogP contribution in [0.4, 0.5) is 4.79 Å². The molecule has 4 rings (SSSR count). The Labute approximate surface area is 174 Å².